The van der Waals surface area contributed by atoms with Gasteiger partial charge in [-0.05, 0) is 58.8 Å². The second kappa shape index (κ2) is 5.74. The van der Waals surface area contributed by atoms with Crippen LogP contribution in [0.2, 0.25) is 0 Å². The Hall–Kier alpha value is -1.07. The lowest BCUT2D eigenvalue weighted by Crippen LogP contribution is -2.17. The molecule has 1 aliphatic heterocycles. The molecular weight excluding hydrogens is 322 g/mol. The van der Waals surface area contributed by atoms with Crippen LogP contribution in [0.5, 0.6) is 5.75 Å². The van der Waals surface area contributed by atoms with Crippen molar-refractivity contribution >= 4 is 21.9 Å². The van der Waals surface area contributed by atoms with Gasteiger partial charge >= 0.3 is 5.97 Å². The third-order valence-corrected chi connectivity index (χ3v) is 4.66. The van der Waals surface area contributed by atoms with Gasteiger partial charge in [0.1, 0.15) is 5.75 Å². The highest BCUT2D eigenvalue weighted by Crippen LogP contribution is 2.35. The second-order valence-electron chi connectivity index (χ2n) is 5.68. The molecule has 3 rings (SSSR count). The van der Waals surface area contributed by atoms with E-state index in [0.717, 1.165) is 22.4 Å². The quantitative estimate of drug-likeness (QED) is 0.865. The number of carboxylic acids is 1. The summed E-state index contributed by atoms with van der Waals surface area (Å²) in [4.78, 5) is 11.0. The molecule has 0 bridgehead atoms. The first-order chi connectivity index (χ1) is 9.63. The van der Waals surface area contributed by atoms with E-state index in [-0.39, 0.29) is 12.0 Å². The Bertz CT molecular complexity index is 516. The predicted molar refractivity (Wildman–Crippen MR) is 78.8 cm³/mol. The van der Waals surface area contributed by atoms with Gasteiger partial charge in [0, 0.05) is 12.6 Å². The highest BCUT2D eigenvalue weighted by Gasteiger charge is 2.30. The number of halogens is 1. The zero-order valence-corrected chi connectivity index (χ0v) is 12.7. The fourth-order valence-electron chi connectivity index (χ4n) is 2.52. The molecule has 0 amide bonds. The molecule has 2 atom stereocenters. The molecule has 2 fully saturated rings. The number of rotatable bonds is 5. The number of hydrogen-bond donors (Lipinski definition) is 2. The largest absolute Gasteiger partial charge is 0.492 e. The standard InChI is InChI=1S/C15H18BrNO3/c16-12-4-3-10(6-14(12)20-8-9-1-2-9)13-5-11(7-17-13)15(18)19/h3-4,6,9,11,13,17H,1-2,5,7-8H2,(H,18,19). The molecule has 0 aromatic heterocycles. The van der Waals surface area contributed by atoms with Crippen LogP contribution in [0.25, 0.3) is 0 Å². The molecule has 1 aromatic carbocycles. The molecule has 1 aromatic rings. The maximum atomic E-state index is 11.0. The highest BCUT2D eigenvalue weighted by molar-refractivity contribution is 9.10. The molecule has 1 saturated carbocycles. The lowest BCUT2D eigenvalue weighted by Gasteiger charge is -2.14. The summed E-state index contributed by atoms with van der Waals surface area (Å²) in [7, 11) is 0. The second-order valence-corrected chi connectivity index (χ2v) is 6.53. The number of aliphatic carboxylic acids is 1. The molecule has 2 unspecified atom stereocenters. The predicted octanol–water partition coefficient (Wildman–Crippen LogP) is 2.97. The van der Waals surface area contributed by atoms with E-state index in [2.05, 4.69) is 21.2 Å². The van der Waals surface area contributed by atoms with Crippen LogP contribution < -0.4 is 10.1 Å². The van der Waals surface area contributed by atoms with E-state index in [1.54, 1.807) is 0 Å². The van der Waals surface area contributed by atoms with Crippen LogP contribution in [-0.4, -0.2) is 24.2 Å². The van der Waals surface area contributed by atoms with E-state index in [9.17, 15) is 4.79 Å². The minimum Gasteiger partial charge on any atom is -0.492 e. The van der Waals surface area contributed by atoms with Gasteiger partial charge in [-0.25, -0.2) is 0 Å². The molecule has 2 aliphatic rings. The Morgan fingerprint density at radius 3 is 2.90 bits per heavy atom. The maximum Gasteiger partial charge on any atom is 0.307 e. The first kappa shape index (κ1) is 13.9. The van der Waals surface area contributed by atoms with E-state index in [4.69, 9.17) is 9.84 Å². The van der Waals surface area contributed by atoms with Crippen LogP contribution in [0.3, 0.4) is 0 Å². The van der Waals surface area contributed by atoms with Crippen molar-refractivity contribution in [3.8, 4) is 5.75 Å². The van der Waals surface area contributed by atoms with Crippen molar-refractivity contribution in [2.24, 2.45) is 11.8 Å². The summed E-state index contributed by atoms with van der Waals surface area (Å²) < 4.78 is 6.80. The van der Waals surface area contributed by atoms with Crippen LogP contribution in [0.15, 0.2) is 22.7 Å². The number of nitrogens with one attached hydrogen (secondary N) is 1. The minimum atomic E-state index is -0.720. The maximum absolute atomic E-state index is 11.0. The molecule has 0 spiro atoms. The Labute approximate surface area is 126 Å². The Balaban J connectivity index is 1.69. The summed E-state index contributed by atoms with van der Waals surface area (Å²) in [5.41, 5.74) is 1.10. The van der Waals surface area contributed by atoms with Crippen LogP contribution in [-0.2, 0) is 4.79 Å². The molecule has 1 aliphatic carbocycles. The lowest BCUT2D eigenvalue weighted by atomic mass is 10.00. The first-order valence-electron chi connectivity index (χ1n) is 7.02. The minimum absolute atomic E-state index is 0.104. The molecule has 0 radical (unpaired) electrons. The number of benzene rings is 1. The zero-order valence-electron chi connectivity index (χ0n) is 11.1. The zero-order chi connectivity index (χ0) is 14.1. The van der Waals surface area contributed by atoms with Gasteiger partial charge in [-0.2, -0.15) is 0 Å². The normalized spacial score (nSPS) is 25.6. The van der Waals surface area contributed by atoms with Gasteiger partial charge in [0.05, 0.1) is 17.0 Å². The number of ether oxygens (including phenoxy) is 1. The van der Waals surface area contributed by atoms with Gasteiger partial charge in [-0.1, -0.05) is 6.07 Å². The van der Waals surface area contributed by atoms with Gasteiger partial charge in [0.2, 0.25) is 0 Å². The summed E-state index contributed by atoms with van der Waals surface area (Å²) in [6.07, 6.45) is 3.17. The Morgan fingerprint density at radius 2 is 2.25 bits per heavy atom. The van der Waals surface area contributed by atoms with E-state index in [0.29, 0.717) is 18.9 Å². The third-order valence-electron chi connectivity index (χ3n) is 4.01. The van der Waals surface area contributed by atoms with Gasteiger partial charge in [-0.15, -0.1) is 0 Å². The summed E-state index contributed by atoms with van der Waals surface area (Å²) in [5, 5.41) is 12.3. The molecule has 2 N–H and O–H groups in total. The smallest absolute Gasteiger partial charge is 0.307 e. The van der Waals surface area contributed by atoms with Crippen molar-refractivity contribution in [1.29, 1.82) is 0 Å². The van der Waals surface area contributed by atoms with Crippen molar-refractivity contribution in [3.05, 3.63) is 28.2 Å². The molecule has 1 heterocycles. The summed E-state index contributed by atoms with van der Waals surface area (Å²) in [6.45, 7) is 1.31. The van der Waals surface area contributed by atoms with E-state index in [1.807, 2.05) is 18.2 Å². The number of carboxylic acid groups (broad SMARTS) is 1. The van der Waals surface area contributed by atoms with Crippen LogP contribution >= 0.6 is 15.9 Å². The van der Waals surface area contributed by atoms with Gasteiger partial charge in [0.25, 0.3) is 0 Å². The Kier molecular flexibility index (Phi) is 3.98. The summed E-state index contributed by atoms with van der Waals surface area (Å²) in [5.74, 6) is 0.559. The van der Waals surface area contributed by atoms with Crippen molar-refractivity contribution in [2.45, 2.75) is 25.3 Å². The van der Waals surface area contributed by atoms with Gasteiger partial charge in [0.15, 0.2) is 0 Å². The topological polar surface area (TPSA) is 58.6 Å². The highest BCUT2D eigenvalue weighted by atomic mass is 79.9. The fourth-order valence-corrected chi connectivity index (χ4v) is 2.88. The average molecular weight is 340 g/mol. The summed E-state index contributed by atoms with van der Waals surface area (Å²) in [6, 6.07) is 6.13. The van der Waals surface area contributed by atoms with E-state index < -0.39 is 5.97 Å². The van der Waals surface area contributed by atoms with Crippen molar-refractivity contribution in [3.63, 3.8) is 0 Å². The molecular formula is C15H18BrNO3. The van der Waals surface area contributed by atoms with Gasteiger partial charge in [-0.3, -0.25) is 4.79 Å². The average Bonchev–Trinajstić information content (AvgIpc) is 3.12. The monoisotopic (exact) mass is 339 g/mol. The molecule has 4 nitrogen and oxygen atoms in total. The van der Waals surface area contributed by atoms with Crippen LogP contribution in [0, 0.1) is 11.8 Å². The lowest BCUT2D eigenvalue weighted by molar-refractivity contribution is -0.141. The van der Waals surface area contributed by atoms with E-state index >= 15 is 0 Å². The summed E-state index contributed by atoms with van der Waals surface area (Å²) >= 11 is 3.51. The fraction of sp³-hybridized carbons (Fsp3) is 0.533. The number of hydrogen-bond acceptors (Lipinski definition) is 3. The molecule has 1 saturated heterocycles. The molecule has 108 valence electrons. The van der Waals surface area contributed by atoms with E-state index in [1.165, 1.54) is 12.8 Å². The van der Waals surface area contributed by atoms with Gasteiger partial charge < -0.3 is 15.2 Å². The molecule has 20 heavy (non-hydrogen) atoms. The number of carbonyl (C=O) groups is 1. The molecule has 5 heteroatoms. The first-order valence-corrected chi connectivity index (χ1v) is 7.81. The van der Waals surface area contributed by atoms with Crippen molar-refractivity contribution in [1.82, 2.24) is 5.32 Å². The van der Waals surface area contributed by atoms with Crippen LogP contribution in [0.1, 0.15) is 30.9 Å². The SMILES string of the molecule is O=C(O)C1CNC(c2ccc(Br)c(OCC3CC3)c2)C1. The van der Waals surface area contributed by atoms with Crippen LogP contribution in [0.4, 0.5) is 0 Å². The Morgan fingerprint density at radius 1 is 1.45 bits per heavy atom. The van der Waals surface area contributed by atoms with Crippen molar-refractivity contribution in [2.75, 3.05) is 13.2 Å². The third kappa shape index (κ3) is 3.15. The van der Waals surface area contributed by atoms with Crippen molar-refractivity contribution < 1.29 is 14.6 Å².